The number of hydrogen-bond acceptors (Lipinski definition) is 4. The minimum Gasteiger partial charge on any atom is -0.488 e. The van der Waals surface area contributed by atoms with Gasteiger partial charge in [-0.25, -0.2) is 0 Å². The number of halogens is 3. The van der Waals surface area contributed by atoms with Crippen molar-refractivity contribution in [3.8, 4) is 28.7 Å². The number of carbonyl (C=O) groups excluding carboxylic acids is 1. The van der Waals surface area contributed by atoms with Gasteiger partial charge in [-0.05, 0) is 29.3 Å². The summed E-state index contributed by atoms with van der Waals surface area (Å²) in [5.41, 5.74) is 0.207. The van der Waals surface area contributed by atoms with Gasteiger partial charge in [0.1, 0.15) is 12.4 Å². The monoisotopic (exact) mass is 481 g/mol. The van der Waals surface area contributed by atoms with Crippen LogP contribution in [0.25, 0.3) is 11.1 Å². The summed E-state index contributed by atoms with van der Waals surface area (Å²) in [6.45, 7) is 0.0349. The molecule has 8 heteroatoms. The van der Waals surface area contributed by atoms with E-state index in [1.165, 1.54) is 12.1 Å². The molecule has 4 rings (SSSR count). The van der Waals surface area contributed by atoms with Gasteiger partial charge in [-0.15, -0.1) is 0 Å². The van der Waals surface area contributed by atoms with Crippen LogP contribution in [0.1, 0.15) is 16.7 Å². The van der Waals surface area contributed by atoms with E-state index in [1.807, 2.05) is 30.3 Å². The number of ether oxygens (including phenoxy) is 1. The summed E-state index contributed by atoms with van der Waals surface area (Å²) in [5, 5.41) is 19.1. The van der Waals surface area contributed by atoms with E-state index in [4.69, 9.17) is 4.74 Å². The van der Waals surface area contributed by atoms with Crippen molar-refractivity contribution in [3.05, 3.63) is 89.5 Å². The van der Waals surface area contributed by atoms with Crippen molar-refractivity contribution in [2.45, 2.75) is 25.0 Å². The predicted octanol–water partition coefficient (Wildman–Crippen LogP) is 3.87. The van der Waals surface area contributed by atoms with Crippen molar-refractivity contribution < 1.29 is 32.9 Å². The largest absolute Gasteiger partial charge is 0.488 e. The molecule has 0 spiro atoms. The van der Waals surface area contributed by atoms with Crippen LogP contribution in [0.5, 0.6) is 5.75 Å². The molecule has 0 saturated carbocycles. The Morgan fingerprint density at radius 3 is 2.29 bits per heavy atom. The van der Waals surface area contributed by atoms with Gasteiger partial charge in [0.25, 0.3) is 5.91 Å². The molecule has 0 aromatic heterocycles. The third-order valence-corrected chi connectivity index (χ3v) is 5.60. The molecular formula is C27H22F3NO4. The lowest BCUT2D eigenvalue weighted by molar-refractivity contribution is -0.137. The van der Waals surface area contributed by atoms with Gasteiger partial charge in [0.05, 0.1) is 30.9 Å². The summed E-state index contributed by atoms with van der Waals surface area (Å²) in [7, 11) is 0. The van der Waals surface area contributed by atoms with Gasteiger partial charge in [0.2, 0.25) is 0 Å². The fraction of sp³-hybridized carbons (Fsp3) is 0.222. The highest BCUT2D eigenvalue weighted by molar-refractivity contribution is 5.94. The molecule has 1 heterocycles. The Bertz CT molecular complexity index is 1250. The molecule has 35 heavy (non-hydrogen) atoms. The predicted molar refractivity (Wildman–Crippen MR) is 123 cm³/mol. The number of rotatable bonds is 4. The molecule has 3 aromatic rings. The molecule has 3 aromatic carbocycles. The lowest BCUT2D eigenvalue weighted by Crippen LogP contribution is -2.28. The number of carbonyl (C=O) groups is 1. The topological polar surface area (TPSA) is 70.0 Å². The van der Waals surface area contributed by atoms with Crippen molar-refractivity contribution in [1.29, 1.82) is 0 Å². The summed E-state index contributed by atoms with van der Waals surface area (Å²) in [4.78, 5) is 13.4. The zero-order chi connectivity index (χ0) is 25.0. The second kappa shape index (κ2) is 10.2. The fourth-order valence-electron chi connectivity index (χ4n) is 3.78. The van der Waals surface area contributed by atoms with Gasteiger partial charge in [-0.1, -0.05) is 60.5 Å². The van der Waals surface area contributed by atoms with E-state index < -0.39 is 29.9 Å². The smallest absolute Gasteiger partial charge is 0.417 e. The molecule has 0 unspecified atom stereocenters. The van der Waals surface area contributed by atoms with E-state index in [-0.39, 0.29) is 36.4 Å². The highest BCUT2D eigenvalue weighted by atomic mass is 19.4. The maximum atomic E-state index is 14.0. The number of nitrogens with zero attached hydrogens (tertiary/aromatic N) is 1. The number of aliphatic hydroxyl groups is 2. The van der Waals surface area contributed by atoms with Gasteiger partial charge >= 0.3 is 6.18 Å². The number of β-amino-alcohol motifs (C(OH)–C–C–N with tert-alkyl or cyclic N) is 2. The first-order valence-electron chi connectivity index (χ1n) is 10.9. The first-order valence-corrected chi connectivity index (χ1v) is 10.9. The number of hydrogen-bond donors (Lipinski definition) is 2. The molecule has 1 saturated heterocycles. The Kier molecular flexibility index (Phi) is 7.10. The van der Waals surface area contributed by atoms with Gasteiger partial charge in [0, 0.05) is 17.0 Å². The van der Waals surface area contributed by atoms with Gasteiger partial charge in [-0.2, -0.15) is 13.2 Å². The number of likely N-dealkylation sites (tertiary alicyclic amines) is 1. The normalized spacial score (nSPS) is 17.6. The van der Waals surface area contributed by atoms with Crippen LogP contribution < -0.4 is 4.74 Å². The third-order valence-electron chi connectivity index (χ3n) is 5.60. The Balaban J connectivity index is 1.62. The maximum absolute atomic E-state index is 14.0. The van der Waals surface area contributed by atoms with Crippen LogP contribution in [0.2, 0.25) is 0 Å². The molecule has 0 bridgehead atoms. The van der Waals surface area contributed by atoms with Crippen molar-refractivity contribution in [1.82, 2.24) is 4.90 Å². The van der Waals surface area contributed by atoms with E-state index in [9.17, 15) is 28.2 Å². The summed E-state index contributed by atoms with van der Waals surface area (Å²) in [6, 6.07) is 19.4. The minimum atomic E-state index is -4.67. The first-order chi connectivity index (χ1) is 16.7. The van der Waals surface area contributed by atoms with Crippen molar-refractivity contribution >= 4 is 5.91 Å². The van der Waals surface area contributed by atoms with E-state index in [1.54, 1.807) is 24.3 Å². The Morgan fingerprint density at radius 1 is 0.943 bits per heavy atom. The second-order valence-corrected chi connectivity index (χ2v) is 8.12. The molecular weight excluding hydrogens is 459 g/mol. The molecule has 1 aliphatic heterocycles. The molecule has 1 aliphatic rings. The van der Waals surface area contributed by atoms with Gasteiger partial charge < -0.3 is 19.8 Å². The molecule has 0 aliphatic carbocycles. The quantitative estimate of drug-likeness (QED) is 0.556. The van der Waals surface area contributed by atoms with Crippen LogP contribution in [-0.2, 0) is 17.6 Å². The van der Waals surface area contributed by atoms with E-state index >= 15 is 0 Å². The standard InChI is InChI=1S/C27H22F3NO4/c28-27(29,30)22-14-18(11-13-26(34)31-15-23(32)24(33)16-31)10-12-20(22)21-8-4-5-9-25(21)35-17-19-6-2-1-3-7-19/h1-10,12,14,23-24,32-33H,15-17H2/t23-,24+. The summed E-state index contributed by atoms with van der Waals surface area (Å²) < 4.78 is 47.9. The first kappa shape index (κ1) is 24.3. The van der Waals surface area contributed by atoms with Crippen LogP contribution in [0.15, 0.2) is 72.8 Å². The fourth-order valence-corrected chi connectivity index (χ4v) is 3.78. The van der Waals surface area contributed by atoms with E-state index in [0.717, 1.165) is 16.5 Å². The Morgan fingerprint density at radius 2 is 1.60 bits per heavy atom. The third kappa shape index (κ3) is 5.83. The number of para-hydroxylation sites is 1. The lowest BCUT2D eigenvalue weighted by atomic mass is 9.96. The molecule has 180 valence electrons. The average molecular weight is 481 g/mol. The lowest BCUT2D eigenvalue weighted by Gasteiger charge is -2.17. The van der Waals surface area contributed by atoms with Crippen LogP contribution >= 0.6 is 0 Å². The van der Waals surface area contributed by atoms with Crippen molar-refractivity contribution in [2.75, 3.05) is 13.1 Å². The number of aliphatic hydroxyl groups excluding tert-OH is 2. The molecule has 2 atom stereocenters. The molecule has 1 fully saturated rings. The van der Waals surface area contributed by atoms with Gasteiger partial charge in [0.15, 0.2) is 0 Å². The van der Waals surface area contributed by atoms with Crippen LogP contribution in [0, 0.1) is 11.8 Å². The zero-order valence-corrected chi connectivity index (χ0v) is 18.5. The van der Waals surface area contributed by atoms with Crippen LogP contribution in [-0.4, -0.2) is 46.3 Å². The Labute approximate surface area is 200 Å². The van der Waals surface area contributed by atoms with E-state index in [2.05, 4.69) is 11.8 Å². The van der Waals surface area contributed by atoms with E-state index in [0.29, 0.717) is 5.75 Å². The number of amides is 1. The molecule has 2 N–H and O–H groups in total. The highest BCUT2D eigenvalue weighted by Gasteiger charge is 2.35. The minimum absolute atomic E-state index is 0.0115. The van der Waals surface area contributed by atoms with Crippen molar-refractivity contribution in [3.63, 3.8) is 0 Å². The SMILES string of the molecule is O=C(C#Cc1ccc(-c2ccccc2OCc2ccccc2)c(C(F)(F)F)c1)N1C[C@@H](O)[C@@H](O)C1. The molecule has 5 nitrogen and oxygen atoms in total. The zero-order valence-electron chi connectivity index (χ0n) is 18.5. The molecule has 1 amide bonds. The highest BCUT2D eigenvalue weighted by Crippen LogP contribution is 2.41. The van der Waals surface area contributed by atoms with Crippen molar-refractivity contribution in [2.24, 2.45) is 0 Å². The summed E-state index contributed by atoms with van der Waals surface area (Å²) in [6.07, 6.45) is -6.81. The van der Waals surface area contributed by atoms with Gasteiger partial charge in [-0.3, -0.25) is 4.79 Å². The number of alkyl halides is 3. The number of benzene rings is 3. The second-order valence-electron chi connectivity index (χ2n) is 8.12. The van der Waals surface area contributed by atoms with Crippen LogP contribution in [0.3, 0.4) is 0 Å². The van der Waals surface area contributed by atoms with Crippen LogP contribution in [0.4, 0.5) is 13.2 Å². The Hall–Kier alpha value is -3.80. The maximum Gasteiger partial charge on any atom is 0.417 e. The summed E-state index contributed by atoms with van der Waals surface area (Å²) in [5.74, 6) is 4.39. The molecule has 0 radical (unpaired) electrons. The summed E-state index contributed by atoms with van der Waals surface area (Å²) >= 11 is 0. The average Bonchev–Trinajstić information content (AvgIpc) is 3.19.